The Labute approximate surface area is 174 Å². The Hall–Kier alpha value is -3.51. The molecule has 2 N–H and O–H groups in total. The number of rotatable bonds is 4. The van der Waals surface area contributed by atoms with E-state index in [1.807, 2.05) is 47.3 Å². The van der Waals surface area contributed by atoms with Crippen LogP contribution in [0.5, 0.6) is 0 Å². The summed E-state index contributed by atoms with van der Waals surface area (Å²) in [6.45, 7) is 0.723. The van der Waals surface area contributed by atoms with E-state index >= 15 is 0 Å². The number of aliphatic imine (C=N–C) groups is 1. The van der Waals surface area contributed by atoms with Gasteiger partial charge >= 0.3 is 0 Å². The lowest BCUT2D eigenvalue weighted by Crippen LogP contribution is -2.33. The minimum absolute atomic E-state index is 0.648. The molecule has 1 fully saturated rings. The molecular formula is C24H21N5O. The number of hydrogen-bond donors (Lipinski definition) is 2. The fraction of sp³-hybridized carbons (Fsp3) is 0.208. The molecule has 1 aliphatic heterocycles. The number of nitrogens with one attached hydrogen (secondary N) is 1. The average molecular weight is 395 g/mol. The highest BCUT2D eigenvalue weighted by atomic mass is 16.3. The van der Waals surface area contributed by atoms with Gasteiger partial charge in [0, 0.05) is 36.1 Å². The zero-order valence-electron chi connectivity index (χ0n) is 16.4. The molecular weight excluding hydrogens is 374 g/mol. The highest BCUT2D eigenvalue weighted by Crippen LogP contribution is 2.41. The largest absolute Gasteiger partial charge is 0.385 e. The molecule has 2 aliphatic rings. The highest BCUT2D eigenvalue weighted by molar-refractivity contribution is 5.86. The second-order valence-electron chi connectivity index (χ2n) is 8.10. The molecule has 0 atom stereocenters. The summed E-state index contributed by atoms with van der Waals surface area (Å²) in [6, 6.07) is 14.3. The molecule has 30 heavy (non-hydrogen) atoms. The zero-order chi connectivity index (χ0) is 20.1. The number of aliphatic hydroxyl groups is 1. The van der Waals surface area contributed by atoms with Crippen LogP contribution >= 0.6 is 0 Å². The summed E-state index contributed by atoms with van der Waals surface area (Å²) in [6.07, 6.45) is 10.4. The summed E-state index contributed by atoms with van der Waals surface area (Å²) in [5.41, 5.74) is 6.34. The summed E-state index contributed by atoms with van der Waals surface area (Å²) >= 11 is 0. The summed E-state index contributed by atoms with van der Waals surface area (Å²) in [7, 11) is 0. The average Bonchev–Trinajstić information content (AvgIpc) is 3.41. The Morgan fingerprint density at radius 3 is 2.73 bits per heavy atom. The van der Waals surface area contributed by atoms with Gasteiger partial charge in [-0.1, -0.05) is 24.3 Å². The van der Waals surface area contributed by atoms with Gasteiger partial charge in [-0.05, 0) is 54.2 Å². The summed E-state index contributed by atoms with van der Waals surface area (Å²) in [4.78, 5) is 13.7. The Kier molecular flexibility index (Phi) is 3.76. The topological polar surface area (TPSA) is 74.8 Å². The van der Waals surface area contributed by atoms with Gasteiger partial charge in [0.25, 0.3) is 0 Å². The van der Waals surface area contributed by atoms with Gasteiger partial charge in [-0.15, -0.1) is 0 Å². The molecule has 3 heterocycles. The van der Waals surface area contributed by atoms with Crippen LogP contribution in [0.3, 0.4) is 0 Å². The normalized spacial score (nSPS) is 16.4. The molecule has 0 spiro atoms. The van der Waals surface area contributed by atoms with Crippen molar-refractivity contribution in [3.63, 3.8) is 0 Å². The van der Waals surface area contributed by atoms with Crippen LogP contribution in [0.2, 0.25) is 0 Å². The van der Waals surface area contributed by atoms with Gasteiger partial charge in [0.1, 0.15) is 0 Å². The van der Waals surface area contributed by atoms with Crippen molar-refractivity contribution < 1.29 is 5.11 Å². The van der Waals surface area contributed by atoms with Crippen LogP contribution in [0.15, 0.2) is 66.0 Å². The quantitative estimate of drug-likeness (QED) is 0.536. The molecule has 2 aromatic heterocycles. The molecule has 0 radical (unpaired) electrons. The standard InChI is InChI=1S/C24H21N5O/c30-24(8-1-9-24)19-4-6-20(7-5-19)27-22-23-26-10-11-29(23)15-21(28-22)16-2-3-17-13-25-14-18(17)12-16/h2-7,10-13,15,30H,1,8-9,14H2,(H,27,28). The van der Waals surface area contributed by atoms with Crippen LogP contribution in [0.4, 0.5) is 11.5 Å². The van der Waals surface area contributed by atoms with Crippen molar-refractivity contribution >= 4 is 23.4 Å². The van der Waals surface area contributed by atoms with Crippen LogP contribution in [0.25, 0.3) is 16.9 Å². The van der Waals surface area contributed by atoms with Gasteiger partial charge in [-0.2, -0.15) is 0 Å². The predicted molar refractivity (Wildman–Crippen MR) is 117 cm³/mol. The van der Waals surface area contributed by atoms with Gasteiger partial charge in [0.15, 0.2) is 11.5 Å². The molecule has 6 heteroatoms. The maximum absolute atomic E-state index is 10.5. The molecule has 2 aromatic carbocycles. The van der Waals surface area contributed by atoms with E-state index in [2.05, 4.69) is 33.5 Å². The molecule has 4 aromatic rings. The minimum atomic E-state index is -0.648. The van der Waals surface area contributed by atoms with Gasteiger partial charge in [0.05, 0.1) is 17.8 Å². The molecule has 6 rings (SSSR count). The maximum atomic E-state index is 10.5. The third-order valence-electron chi connectivity index (χ3n) is 6.17. The molecule has 6 nitrogen and oxygen atoms in total. The SMILES string of the molecule is OC1(c2ccc(Nc3nc(-c4ccc5c(c4)CN=C5)cn4ccnc34)cc2)CCC1. The van der Waals surface area contributed by atoms with E-state index in [-0.39, 0.29) is 0 Å². The zero-order valence-corrected chi connectivity index (χ0v) is 16.4. The monoisotopic (exact) mass is 395 g/mol. The maximum Gasteiger partial charge on any atom is 0.180 e. The highest BCUT2D eigenvalue weighted by Gasteiger charge is 2.35. The number of nitrogens with zero attached hydrogens (tertiary/aromatic N) is 4. The Morgan fingerprint density at radius 2 is 1.93 bits per heavy atom. The van der Waals surface area contributed by atoms with E-state index in [9.17, 15) is 5.11 Å². The number of imidazole rings is 1. The lowest BCUT2D eigenvalue weighted by Gasteiger charge is -2.37. The predicted octanol–water partition coefficient (Wildman–Crippen LogP) is 4.44. The van der Waals surface area contributed by atoms with Crippen molar-refractivity contribution in [3.8, 4) is 11.3 Å². The molecule has 148 valence electrons. The molecule has 1 aliphatic carbocycles. The first-order valence-electron chi connectivity index (χ1n) is 10.2. The lowest BCUT2D eigenvalue weighted by molar-refractivity contribution is -0.0387. The van der Waals surface area contributed by atoms with E-state index in [4.69, 9.17) is 4.98 Å². The van der Waals surface area contributed by atoms with Gasteiger partial charge in [-0.25, -0.2) is 9.97 Å². The van der Waals surface area contributed by atoms with Crippen LogP contribution in [0, 0.1) is 0 Å². The smallest absolute Gasteiger partial charge is 0.180 e. The Balaban J connectivity index is 1.36. The molecule has 1 saturated carbocycles. The van der Waals surface area contributed by atoms with Crippen LogP contribution < -0.4 is 5.32 Å². The summed E-state index contributed by atoms with van der Waals surface area (Å²) in [5, 5.41) is 14.0. The van der Waals surface area contributed by atoms with E-state index in [0.29, 0.717) is 5.82 Å². The van der Waals surface area contributed by atoms with E-state index < -0.39 is 5.60 Å². The van der Waals surface area contributed by atoms with Gasteiger partial charge in [-0.3, -0.25) is 4.99 Å². The fourth-order valence-electron chi connectivity index (χ4n) is 4.23. The van der Waals surface area contributed by atoms with Crippen molar-refractivity contribution in [3.05, 3.63) is 77.7 Å². The minimum Gasteiger partial charge on any atom is -0.385 e. The first-order valence-corrected chi connectivity index (χ1v) is 10.2. The van der Waals surface area contributed by atoms with E-state index in [1.165, 1.54) is 11.1 Å². The van der Waals surface area contributed by atoms with Crippen LogP contribution in [-0.4, -0.2) is 25.7 Å². The number of benzene rings is 2. The number of anilines is 2. The van der Waals surface area contributed by atoms with E-state index in [1.54, 1.807) is 6.20 Å². The summed E-state index contributed by atoms with van der Waals surface area (Å²) < 4.78 is 1.99. The lowest BCUT2D eigenvalue weighted by atomic mass is 9.75. The van der Waals surface area contributed by atoms with Crippen molar-refractivity contribution in [1.29, 1.82) is 0 Å². The Bertz CT molecular complexity index is 1280. The van der Waals surface area contributed by atoms with Gasteiger partial charge in [0.2, 0.25) is 0 Å². The Morgan fingerprint density at radius 1 is 1.07 bits per heavy atom. The van der Waals surface area contributed by atoms with Crippen LogP contribution in [0.1, 0.15) is 36.0 Å². The first kappa shape index (κ1) is 17.4. The number of aromatic nitrogens is 3. The third-order valence-corrected chi connectivity index (χ3v) is 6.17. The second kappa shape index (κ2) is 6.50. The fourth-order valence-corrected chi connectivity index (χ4v) is 4.23. The number of hydrogen-bond acceptors (Lipinski definition) is 5. The molecule has 0 unspecified atom stereocenters. The first-order chi connectivity index (χ1) is 14.7. The van der Waals surface area contributed by atoms with Crippen molar-refractivity contribution in [2.45, 2.75) is 31.4 Å². The molecule has 0 bridgehead atoms. The third kappa shape index (κ3) is 2.80. The van der Waals surface area contributed by atoms with Crippen LogP contribution in [-0.2, 0) is 12.1 Å². The second-order valence-corrected chi connectivity index (χ2v) is 8.10. The van der Waals surface area contributed by atoms with Crippen molar-refractivity contribution in [1.82, 2.24) is 14.4 Å². The summed E-state index contributed by atoms with van der Waals surface area (Å²) in [5.74, 6) is 0.698. The van der Waals surface area contributed by atoms with Crippen molar-refractivity contribution in [2.24, 2.45) is 4.99 Å². The van der Waals surface area contributed by atoms with Gasteiger partial charge < -0.3 is 14.8 Å². The molecule has 0 amide bonds. The molecule has 0 saturated heterocycles. The van der Waals surface area contributed by atoms with E-state index in [0.717, 1.165) is 54.0 Å². The van der Waals surface area contributed by atoms with Crippen molar-refractivity contribution in [2.75, 3.05) is 5.32 Å². The number of fused-ring (bicyclic) bond motifs is 2.